The second-order valence-electron chi connectivity index (χ2n) is 8.23. The molecule has 0 unspecified atom stereocenters. The highest BCUT2D eigenvalue weighted by Crippen LogP contribution is 2.24. The molecule has 0 saturated heterocycles. The number of ether oxygens (including phenoxy) is 1. The second-order valence-corrected chi connectivity index (χ2v) is 9.17. The van der Waals surface area contributed by atoms with E-state index in [1.165, 1.54) is 5.56 Å². The summed E-state index contributed by atoms with van der Waals surface area (Å²) in [6.45, 7) is 2.05. The fraction of sp³-hybridized carbons (Fsp3) is 0.259. The van der Waals surface area contributed by atoms with E-state index in [-0.39, 0.29) is 5.56 Å². The minimum atomic E-state index is -0.0434. The maximum absolute atomic E-state index is 13.6. The van der Waals surface area contributed by atoms with Crippen LogP contribution in [0.1, 0.15) is 17.5 Å². The van der Waals surface area contributed by atoms with Gasteiger partial charge in [0.2, 0.25) is 0 Å². The molecule has 3 aromatic carbocycles. The topological polar surface area (TPSA) is 47.4 Å². The molecular weight excluding hydrogens is 430 g/mol. The largest absolute Gasteiger partial charge is 0.494 e. The van der Waals surface area contributed by atoms with Crippen molar-refractivity contribution in [3.05, 3.63) is 100 Å². The van der Waals surface area contributed by atoms with Gasteiger partial charge in [-0.25, -0.2) is 4.98 Å². The zero-order valence-corrected chi connectivity index (χ0v) is 19.9. The Labute approximate surface area is 199 Å². The fourth-order valence-electron chi connectivity index (χ4n) is 3.58. The Bertz CT molecular complexity index is 1240. The summed E-state index contributed by atoms with van der Waals surface area (Å²) in [5, 5.41) is 1.31. The summed E-state index contributed by atoms with van der Waals surface area (Å²) in [6.07, 6.45) is 0.927. The molecule has 0 amide bonds. The first kappa shape index (κ1) is 23.1. The molecule has 170 valence electrons. The Hall–Kier alpha value is -3.09. The van der Waals surface area contributed by atoms with Crippen molar-refractivity contribution in [2.75, 3.05) is 27.2 Å². The first-order valence-corrected chi connectivity index (χ1v) is 12.1. The van der Waals surface area contributed by atoms with Crippen LogP contribution in [0.4, 0.5) is 0 Å². The Kier molecular flexibility index (Phi) is 7.81. The highest BCUT2D eigenvalue weighted by atomic mass is 32.2. The van der Waals surface area contributed by atoms with E-state index in [0.717, 1.165) is 29.4 Å². The standard InChI is InChI=1S/C27H29N3O2S/c1-29(2)16-9-17-32-23-14-15-25-24(18-23)26(31)30(19-21-10-5-3-6-11-21)27(28-25)33-20-22-12-7-4-8-13-22/h3-8,10-15,18H,9,16-17,19-20H2,1-2H3. The first-order valence-electron chi connectivity index (χ1n) is 11.1. The highest BCUT2D eigenvalue weighted by Gasteiger charge is 2.13. The molecule has 0 radical (unpaired) electrons. The second kappa shape index (κ2) is 11.2. The average molecular weight is 460 g/mol. The minimum absolute atomic E-state index is 0.0434. The molecule has 0 bridgehead atoms. The number of aromatic nitrogens is 2. The molecule has 0 aliphatic heterocycles. The van der Waals surface area contributed by atoms with Crippen molar-refractivity contribution < 1.29 is 4.74 Å². The third-order valence-corrected chi connectivity index (χ3v) is 6.35. The predicted molar refractivity (Wildman–Crippen MR) is 136 cm³/mol. The van der Waals surface area contributed by atoms with Crippen LogP contribution in [-0.4, -0.2) is 41.7 Å². The smallest absolute Gasteiger partial charge is 0.262 e. The lowest BCUT2D eigenvalue weighted by Gasteiger charge is -2.14. The first-order chi connectivity index (χ1) is 16.1. The fourth-order valence-corrected chi connectivity index (χ4v) is 4.53. The monoisotopic (exact) mass is 459 g/mol. The average Bonchev–Trinajstić information content (AvgIpc) is 2.84. The van der Waals surface area contributed by atoms with Crippen LogP contribution in [0, 0.1) is 0 Å². The van der Waals surface area contributed by atoms with Crippen LogP contribution in [0.25, 0.3) is 10.9 Å². The molecule has 33 heavy (non-hydrogen) atoms. The Morgan fingerprint density at radius 1 is 0.939 bits per heavy atom. The summed E-state index contributed by atoms with van der Waals surface area (Å²) < 4.78 is 7.68. The quantitative estimate of drug-likeness (QED) is 0.188. The van der Waals surface area contributed by atoms with E-state index in [2.05, 4.69) is 17.0 Å². The van der Waals surface area contributed by atoms with E-state index in [1.807, 2.05) is 80.8 Å². The van der Waals surface area contributed by atoms with Gasteiger partial charge in [-0.3, -0.25) is 9.36 Å². The molecule has 1 aromatic heterocycles. The van der Waals surface area contributed by atoms with Crippen molar-refractivity contribution in [1.29, 1.82) is 0 Å². The maximum Gasteiger partial charge on any atom is 0.262 e. The van der Waals surface area contributed by atoms with Gasteiger partial charge in [0.05, 0.1) is 24.1 Å². The van der Waals surface area contributed by atoms with Crippen molar-refractivity contribution >= 4 is 22.7 Å². The summed E-state index contributed by atoms with van der Waals surface area (Å²) in [5.41, 5.74) is 2.92. The lowest BCUT2D eigenvalue weighted by atomic mass is 10.2. The summed E-state index contributed by atoms with van der Waals surface area (Å²) >= 11 is 1.59. The number of hydrogen-bond acceptors (Lipinski definition) is 5. The maximum atomic E-state index is 13.6. The van der Waals surface area contributed by atoms with Crippen molar-refractivity contribution in [3.63, 3.8) is 0 Å². The van der Waals surface area contributed by atoms with Crippen LogP contribution in [-0.2, 0) is 12.3 Å². The lowest BCUT2D eigenvalue weighted by molar-refractivity contribution is 0.282. The Balaban J connectivity index is 1.65. The zero-order valence-electron chi connectivity index (χ0n) is 19.1. The normalized spacial score (nSPS) is 11.2. The molecule has 0 aliphatic carbocycles. The molecular formula is C27H29N3O2S. The van der Waals surface area contributed by atoms with Gasteiger partial charge < -0.3 is 9.64 Å². The lowest BCUT2D eigenvalue weighted by Crippen LogP contribution is -2.24. The third-order valence-electron chi connectivity index (χ3n) is 5.30. The number of rotatable bonds is 10. The molecule has 1 heterocycles. The molecule has 6 heteroatoms. The Morgan fingerprint density at radius 2 is 1.64 bits per heavy atom. The van der Waals surface area contributed by atoms with Crippen LogP contribution in [0.2, 0.25) is 0 Å². The van der Waals surface area contributed by atoms with Crippen molar-refractivity contribution in [2.24, 2.45) is 0 Å². The van der Waals surface area contributed by atoms with E-state index in [1.54, 1.807) is 16.3 Å². The van der Waals surface area contributed by atoms with Crippen LogP contribution in [0.15, 0.2) is 88.8 Å². The van der Waals surface area contributed by atoms with Gasteiger partial charge in [0.15, 0.2) is 5.16 Å². The summed E-state index contributed by atoms with van der Waals surface area (Å²) in [7, 11) is 4.09. The van der Waals surface area contributed by atoms with Crippen LogP contribution in [0.5, 0.6) is 5.75 Å². The molecule has 0 atom stereocenters. The molecule has 0 spiro atoms. The molecule has 4 aromatic rings. The van der Waals surface area contributed by atoms with Gasteiger partial charge >= 0.3 is 0 Å². The van der Waals surface area contributed by atoms with Gasteiger partial charge in [0, 0.05) is 12.3 Å². The number of hydrogen-bond donors (Lipinski definition) is 0. The van der Waals surface area contributed by atoms with E-state index >= 15 is 0 Å². The highest BCUT2D eigenvalue weighted by molar-refractivity contribution is 7.98. The zero-order chi connectivity index (χ0) is 23.0. The summed E-state index contributed by atoms with van der Waals surface area (Å²) in [5.74, 6) is 1.46. The van der Waals surface area contributed by atoms with Crippen molar-refractivity contribution in [3.8, 4) is 5.75 Å². The van der Waals surface area contributed by atoms with Crippen LogP contribution < -0.4 is 10.3 Å². The van der Waals surface area contributed by atoms with Gasteiger partial charge in [0.1, 0.15) is 5.75 Å². The van der Waals surface area contributed by atoms with Gasteiger partial charge in [-0.15, -0.1) is 0 Å². The van der Waals surface area contributed by atoms with Gasteiger partial charge in [-0.1, -0.05) is 72.4 Å². The van der Waals surface area contributed by atoms with Crippen molar-refractivity contribution in [2.45, 2.75) is 23.9 Å². The third kappa shape index (κ3) is 6.24. The molecule has 5 nitrogen and oxygen atoms in total. The SMILES string of the molecule is CN(C)CCCOc1ccc2nc(SCc3ccccc3)n(Cc3ccccc3)c(=O)c2c1. The van der Waals surface area contributed by atoms with E-state index in [9.17, 15) is 4.79 Å². The van der Waals surface area contributed by atoms with Crippen LogP contribution in [0.3, 0.4) is 0 Å². The van der Waals surface area contributed by atoms with Gasteiger partial charge in [-0.05, 0) is 49.8 Å². The van der Waals surface area contributed by atoms with Crippen molar-refractivity contribution in [1.82, 2.24) is 14.5 Å². The van der Waals surface area contributed by atoms with Gasteiger partial charge in [-0.2, -0.15) is 0 Å². The number of fused-ring (bicyclic) bond motifs is 1. The number of benzene rings is 3. The van der Waals surface area contributed by atoms with E-state index in [4.69, 9.17) is 9.72 Å². The van der Waals surface area contributed by atoms with E-state index in [0.29, 0.717) is 29.8 Å². The molecule has 0 fully saturated rings. The predicted octanol–water partition coefficient (Wildman–Crippen LogP) is 5.07. The molecule has 0 saturated carbocycles. The molecule has 0 N–H and O–H groups in total. The molecule has 0 aliphatic rings. The summed E-state index contributed by atoms with van der Waals surface area (Å²) in [4.78, 5) is 20.6. The Morgan fingerprint density at radius 3 is 2.33 bits per heavy atom. The van der Waals surface area contributed by atoms with Crippen LogP contribution >= 0.6 is 11.8 Å². The number of thioether (sulfide) groups is 1. The minimum Gasteiger partial charge on any atom is -0.494 e. The van der Waals surface area contributed by atoms with E-state index < -0.39 is 0 Å². The summed E-state index contributed by atoms with van der Waals surface area (Å²) in [6, 6.07) is 25.9. The van der Waals surface area contributed by atoms with Gasteiger partial charge in [0.25, 0.3) is 5.56 Å². The molecule has 4 rings (SSSR count). The number of nitrogens with zero attached hydrogens (tertiary/aromatic N) is 3.